The van der Waals surface area contributed by atoms with Crippen LogP contribution in [0.15, 0.2) is 42.5 Å². The largest absolute Gasteiger partial charge is 0.497 e. The molecule has 1 heterocycles. The summed E-state index contributed by atoms with van der Waals surface area (Å²) >= 11 is 11.3. The number of benzene rings is 2. The van der Waals surface area contributed by atoms with Crippen molar-refractivity contribution in [2.24, 2.45) is 0 Å². The van der Waals surface area contributed by atoms with E-state index in [9.17, 15) is 14.4 Å². The topological polar surface area (TPSA) is 100 Å². The third kappa shape index (κ3) is 5.52. The fourth-order valence-corrected chi connectivity index (χ4v) is 3.79. The van der Waals surface area contributed by atoms with E-state index in [1.54, 1.807) is 37.3 Å². The fraction of sp³-hybridized carbons (Fsp3) is 0.273. The SMILES string of the molecule is CCN1C(=O)[C@@H](CC(=O)Nc2ccc(Cl)cc2)N(NC(=O)c2cc(OC)cc(OC)c2)C1=S. The number of rotatable bonds is 8. The van der Waals surface area contributed by atoms with Crippen LogP contribution < -0.4 is 20.2 Å². The van der Waals surface area contributed by atoms with Gasteiger partial charge in [0.25, 0.3) is 11.8 Å². The maximum absolute atomic E-state index is 13.0. The number of carbonyl (C=O) groups excluding carboxylic acids is 3. The van der Waals surface area contributed by atoms with Gasteiger partial charge in [0, 0.05) is 28.9 Å². The average molecular weight is 491 g/mol. The summed E-state index contributed by atoms with van der Waals surface area (Å²) < 4.78 is 10.4. The van der Waals surface area contributed by atoms with Gasteiger partial charge in [-0.3, -0.25) is 24.7 Å². The van der Waals surface area contributed by atoms with Gasteiger partial charge in [-0.1, -0.05) is 11.6 Å². The van der Waals surface area contributed by atoms with Crippen molar-refractivity contribution in [2.75, 3.05) is 26.1 Å². The molecule has 174 valence electrons. The van der Waals surface area contributed by atoms with Crippen molar-refractivity contribution < 1.29 is 23.9 Å². The van der Waals surface area contributed by atoms with Gasteiger partial charge in [0.1, 0.15) is 17.5 Å². The van der Waals surface area contributed by atoms with Gasteiger partial charge in [-0.2, -0.15) is 0 Å². The molecule has 0 unspecified atom stereocenters. The van der Waals surface area contributed by atoms with E-state index >= 15 is 0 Å². The molecule has 0 spiro atoms. The van der Waals surface area contributed by atoms with E-state index < -0.39 is 17.9 Å². The molecule has 0 saturated carbocycles. The third-order valence-electron chi connectivity index (χ3n) is 4.96. The van der Waals surface area contributed by atoms with Crippen LogP contribution in [0.2, 0.25) is 5.02 Å². The second-order valence-electron chi connectivity index (χ2n) is 7.05. The van der Waals surface area contributed by atoms with Crippen molar-refractivity contribution in [1.82, 2.24) is 15.3 Å². The van der Waals surface area contributed by atoms with E-state index in [0.717, 1.165) is 0 Å². The number of ether oxygens (including phenoxy) is 2. The number of amides is 3. The Kier molecular flexibility index (Phi) is 7.72. The zero-order chi connectivity index (χ0) is 24.1. The molecule has 1 fully saturated rings. The summed E-state index contributed by atoms with van der Waals surface area (Å²) in [6, 6.07) is 10.3. The van der Waals surface area contributed by atoms with Crippen LogP contribution in [0, 0.1) is 0 Å². The Balaban J connectivity index is 1.79. The van der Waals surface area contributed by atoms with E-state index in [1.807, 2.05) is 0 Å². The molecule has 0 aromatic heterocycles. The molecule has 1 aliphatic rings. The Hall–Kier alpha value is -3.37. The van der Waals surface area contributed by atoms with Gasteiger partial charge >= 0.3 is 0 Å². The highest BCUT2D eigenvalue weighted by Crippen LogP contribution is 2.24. The van der Waals surface area contributed by atoms with Gasteiger partial charge in [0.2, 0.25) is 5.91 Å². The summed E-state index contributed by atoms with van der Waals surface area (Å²) in [7, 11) is 2.94. The van der Waals surface area contributed by atoms with Crippen molar-refractivity contribution in [1.29, 1.82) is 0 Å². The minimum Gasteiger partial charge on any atom is -0.497 e. The highest BCUT2D eigenvalue weighted by molar-refractivity contribution is 7.80. The van der Waals surface area contributed by atoms with Gasteiger partial charge in [-0.05, 0) is 55.5 Å². The van der Waals surface area contributed by atoms with Crippen LogP contribution >= 0.6 is 23.8 Å². The molecule has 3 rings (SSSR count). The minimum atomic E-state index is -0.999. The summed E-state index contributed by atoms with van der Waals surface area (Å²) in [6.45, 7) is 2.06. The normalized spacial score (nSPS) is 15.5. The van der Waals surface area contributed by atoms with Crippen molar-refractivity contribution in [2.45, 2.75) is 19.4 Å². The lowest BCUT2D eigenvalue weighted by atomic mass is 10.1. The molecular weight excluding hydrogens is 468 g/mol. The molecule has 0 bridgehead atoms. The van der Waals surface area contributed by atoms with E-state index in [-0.39, 0.29) is 23.0 Å². The molecular formula is C22H23ClN4O5S. The molecule has 1 saturated heterocycles. The molecule has 2 aromatic rings. The van der Waals surface area contributed by atoms with Crippen LogP contribution in [0.3, 0.4) is 0 Å². The number of thiocarbonyl (C=S) groups is 1. The van der Waals surface area contributed by atoms with Crippen LogP contribution in [0.4, 0.5) is 5.69 Å². The Labute approximate surface area is 201 Å². The molecule has 1 aliphatic heterocycles. The first-order valence-corrected chi connectivity index (χ1v) is 10.8. The van der Waals surface area contributed by atoms with Crippen LogP contribution in [0.5, 0.6) is 11.5 Å². The number of methoxy groups -OCH3 is 2. The quantitative estimate of drug-likeness (QED) is 0.549. The first kappa shape index (κ1) is 24.3. The first-order valence-electron chi connectivity index (χ1n) is 10.0. The molecule has 0 radical (unpaired) electrons. The summed E-state index contributed by atoms with van der Waals surface area (Å²) in [5, 5.41) is 4.60. The summed E-state index contributed by atoms with van der Waals surface area (Å²) in [5.74, 6) is -0.485. The molecule has 3 amide bonds. The molecule has 2 N–H and O–H groups in total. The monoisotopic (exact) mass is 490 g/mol. The predicted molar refractivity (Wildman–Crippen MR) is 127 cm³/mol. The van der Waals surface area contributed by atoms with Crippen molar-refractivity contribution in [3.8, 4) is 11.5 Å². The molecule has 1 atom stereocenters. The Bertz CT molecular complexity index is 1060. The van der Waals surface area contributed by atoms with Gasteiger partial charge in [0.15, 0.2) is 5.11 Å². The Morgan fingerprint density at radius 2 is 1.70 bits per heavy atom. The molecule has 33 heavy (non-hydrogen) atoms. The number of halogens is 1. The lowest BCUT2D eigenvalue weighted by Crippen LogP contribution is -2.49. The standard InChI is InChI=1S/C22H23ClN4O5S/c1-4-26-21(30)18(12-19(28)24-15-7-5-14(23)6-8-15)27(22(26)33)25-20(29)13-9-16(31-2)11-17(10-13)32-3/h5-11,18H,4,12H2,1-3H3,(H,24,28)(H,25,29)/t18-/m1/s1. The maximum atomic E-state index is 13.0. The molecule has 2 aromatic carbocycles. The van der Waals surface area contributed by atoms with Crippen LogP contribution in [-0.2, 0) is 9.59 Å². The van der Waals surface area contributed by atoms with Crippen molar-refractivity contribution in [3.63, 3.8) is 0 Å². The fourth-order valence-electron chi connectivity index (χ4n) is 3.28. The zero-order valence-corrected chi connectivity index (χ0v) is 19.8. The van der Waals surface area contributed by atoms with Crippen molar-refractivity contribution in [3.05, 3.63) is 53.1 Å². The van der Waals surface area contributed by atoms with E-state index in [0.29, 0.717) is 28.8 Å². The van der Waals surface area contributed by atoms with E-state index in [1.165, 1.54) is 36.3 Å². The number of hydrazine groups is 1. The zero-order valence-electron chi connectivity index (χ0n) is 18.3. The molecule has 9 nitrogen and oxygen atoms in total. The van der Waals surface area contributed by atoms with Gasteiger partial charge < -0.3 is 14.8 Å². The average Bonchev–Trinajstić information content (AvgIpc) is 3.03. The molecule has 11 heteroatoms. The van der Waals surface area contributed by atoms with Crippen LogP contribution in [-0.4, -0.2) is 59.5 Å². The number of likely N-dealkylation sites (N-methyl/N-ethyl adjacent to an activating group) is 1. The number of hydrogen-bond donors (Lipinski definition) is 2. The highest BCUT2D eigenvalue weighted by Gasteiger charge is 2.44. The number of nitrogens with zero attached hydrogens (tertiary/aromatic N) is 2. The van der Waals surface area contributed by atoms with Crippen molar-refractivity contribution >= 4 is 52.3 Å². The van der Waals surface area contributed by atoms with Gasteiger partial charge in [0.05, 0.1) is 20.6 Å². The molecule has 0 aliphatic carbocycles. The summed E-state index contributed by atoms with van der Waals surface area (Å²) in [4.78, 5) is 39.9. The summed E-state index contributed by atoms with van der Waals surface area (Å²) in [6.07, 6.45) is -0.222. The first-order chi connectivity index (χ1) is 15.8. The minimum absolute atomic E-state index is 0.106. The van der Waals surface area contributed by atoms with E-state index in [4.69, 9.17) is 33.3 Å². The van der Waals surface area contributed by atoms with Gasteiger partial charge in [-0.25, -0.2) is 5.01 Å². The predicted octanol–water partition coefficient (Wildman–Crippen LogP) is 2.85. The third-order valence-corrected chi connectivity index (χ3v) is 5.63. The number of anilines is 1. The van der Waals surface area contributed by atoms with Crippen LogP contribution in [0.25, 0.3) is 0 Å². The lowest BCUT2D eigenvalue weighted by molar-refractivity contribution is -0.130. The number of nitrogens with one attached hydrogen (secondary N) is 2. The summed E-state index contributed by atoms with van der Waals surface area (Å²) in [5.41, 5.74) is 3.42. The van der Waals surface area contributed by atoms with Crippen LogP contribution in [0.1, 0.15) is 23.7 Å². The second kappa shape index (κ2) is 10.5. The Morgan fingerprint density at radius 3 is 2.24 bits per heavy atom. The Morgan fingerprint density at radius 1 is 1.09 bits per heavy atom. The van der Waals surface area contributed by atoms with Gasteiger partial charge in [-0.15, -0.1) is 0 Å². The van der Waals surface area contributed by atoms with E-state index in [2.05, 4.69) is 10.7 Å². The number of hydrogen-bond acceptors (Lipinski definition) is 6. The maximum Gasteiger partial charge on any atom is 0.270 e. The number of carbonyl (C=O) groups is 3. The lowest BCUT2D eigenvalue weighted by Gasteiger charge is -2.24. The highest BCUT2D eigenvalue weighted by atomic mass is 35.5. The smallest absolute Gasteiger partial charge is 0.270 e. The second-order valence-corrected chi connectivity index (χ2v) is 7.85.